The number of carboxylic acids is 1. The Morgan fingerprint density at radius 2 is 2.15 bits per heavy atom. The third kappa shape index (κ3) is 2.65. The maximum atomic E-state index is 11.8. The Balaban J connectivity index is 2.58. The topological polar surface area (TPSA) is 97.0 Å². The third-order valence-corrected chi connectivity index (χ3v) is 2.79. The van der Waals surface area contributed by atoms with E-state index in [1.807, 2.05) is 0 Å². The second kappa shape index (κ2) is 5.34. The summed E-state index contributed by atoms with van der Waals surface area (Å²) in [5.41, 5.74) is 0.273. The van der Waals surface area contributed by atoms with Crippen LogP contribution in [0.25, 0.3) is 11.0 Å². The number of carbonyl (C=O) groups is 1. The van der Waals surface area contributed by atoms with Gasteiger partial charge in [0, 0.05) is 11.6 Å². The van der Waals surface area contributed by atoms with Gasteiger partial charge in [0.1, 0.15) is 17.9 Å². The first-order valence-corrected chi connectivity index (χ1v) is 6.01. The summed E-state index contributed by atoms with van der Waals surface area (Å²) >= 11 is 0. The largest absolute Gasteiger partial charge is 0.490 e. The molecule has 6 heteroatoms. The van der Waals surface area contributed by atoms with Crippen LogP contribution in [0.15, 0.2) is 27.4 Å². The Labute approximate surface area is 114 Å². The van der Waals surface area contributed by atoms with Gasteiger partial charge in [-0.15, -0.1) is 0 Å². The van der Waals surface area contributed by atoms with Crippen molar-refractivity contribution in [3.8, 4) is 5.75 Å². The van der Waals surface area contributed by atoms with Crippen LogP contribution < -0.4 is 10.2 Å². The lowest BCUT2D eigenvalue weighted by atomic mass is 10.1. The molecule has 0 aliphatic heterocycles. The van der Waals surface area contributed by atoms with Crippen LogP contribution >= 0.6 is 0 Å². The minimum Gasteiger partial charge on any atom is -0.490 e. The Morgan fingerprint density at radius 1 is 1.45 bits per heavy atom. The molecular formula is C14H14O6. The standard InChI is InChI=1S/C14H14O6/c1-7(15)6-19-11-4-3-9-10(16)5-12(14(17)18)20-13(9)8(11)2/h3-5,7,15H,6H2,1-2H3,(H,17,18). The average molecular weight is 278 g/mol. The zero-order chi connectivity index (χ0) is 14.9. The molecule has 6 nitrogen and oxygen atoms in total. The first-order valence-electron chi connectivity index (χ1n) is 6.01. The highest BCUT2D eigenvalue weighted by Gasteiger charge is 2.14. The molecule has 2 N–H and O–H groups in total. The minimum atomic E-state index is -1.31. The van der Waals surface area contributed by atoms with Crippen LogP contribution in [0.4, 0.5) is 0 Å². The van der Waals surface area contributed by atoms with Crippen molar-refractivity contribution >= 4 is 16.9 Å². The van der Waals surface area contributed by atoms with Crippen LogP contribution in [-0.2, 0) is 0 Å². The van der Waals surface area contributed by atoms with Crippen molar-refractivity contribution in [2.24, 2.45) is 0 Å². The van der Waals surface area contributed by atoms with Gasteiger partial charge < -0.3 is 19.4 Å². The monoisotopic (exact) mass is 278 g/mol. The molecular weight excluding hydrogens is 264 g/mol. The van der Waals surface area contributed by atoms with E-state index in [-0.39, 0.29) is 17.6 Å². The summed E-state index contributed by atoms with van der Waals surface area (Å²) in [4.78, 5) is 22.7. The number of carboxylic acid groups (broad SMARTS) is 1. The van der Waals surface area contributed by atoms with Crippen LogP contribution in [0.1, 0.15) is 23.0 Å². The van der Waals surface area contributed by atoms with Crippen molar-refractivity contribution in [3.63, 3.8) is 0 Å². The van der Waals surface area contributed by atoms with Gasteiger partial charge in [-0.2, -0.15) is 0 Å². The molecule has 1 atom stereocenters. The zero-order valence-corrected chi connectivity index (χ0v) is 11.0. The van der Waals surface area contributed by atoms with Crippen molar-refractivity contribution in [3.05, 3.63) is 39.7 Å². The van der Waals surface area contributed by atoms with E-state index in [1.165, 1.54) is 6.07 Å². The summed E-state index contributed by atoms with van der Waals surface area (Å²) in [7, 11) is 0. The maximum Gasteiger partial charge on any atom is 0.371 e. The van der Waals surface area contributed by atoms with Crippen LogP contribution in [0.2, 0.25) is 0 Å². The van der Waals surface area contributed by atoms with E-state index in [2.05, 4.69) is 0 Å². The summed E-state index contributed by atoms with van der Waals surface area (Å²) in [6.45, 7) is 3.34. The Morgan fingerprint density at radius 3 is 2.75 bits per heavy atom. The first-order chi connectivity index (χ1) is 9.40. The predicted octanol–water partition coefficient (Wildman–Crippen LogP) is 1.56. The minimum absolute atomic E-state index is 0.0925. The fourth-order valence-corrected chi connectivity index (χ4v) is 1.81. The smallest absolute Gasteiger partial charge is 0.371 e. The molecule has 0 aliphatic carbocycles. The molecule has 1 unspecified atom stereocenters. The fourth-order valence-electron chi connectivity index (χ4n) is 1.81. The van der Waals surface area contributed by atoms with Gasteiger partial charge in [0.25, 0.3) is 0 Å². The average Bonchev–Trinajstić information content (AvgIpc) is 2.38. The summed E-state index contributed by atoms with van der Waals surface area (Å²) < 4.78 is 10.6. The maximum absolute atomic E-state index is 11.8. The second-order valence-corrected chi connectivity index (χ2v) is 4.51. The molecule has 0 radical (unpaired) electrons. The number of aliphatic hydroxyl groups is 1. The van der Waals surface area contributed by atoms with E-state index in [4.69, 9.17) is 14.3 Å². The number of ether oxygens (including phenoxy) is 1. The van der Waals surface area contributed by atoms with Gasteiger partial charge in [0.2, 0.25) is 5.76 Å². The van der Waals surface area contributed by atoms with Gasteiger partial charge in [-0.3, -0.25) is 4.79 Å². The highest BCUT2D eigenvalue weighted by Crippen LogP contribution is 2.26. The Bertz CT molecular complexity index is 713. The number of rotatable bonds is 4. The van der Waals surface area contributed by atoms with Gasteiger partial charge in [-0.25, -0.2) is 4.79 Å². The molecule has 1 aromatic heterocycles. The van der Waals surface area contributed by atoms with Gasteiger partial charge in [-0.05, 0) is 26.0 Å². The summed E-state index contributed by atoms with van der Waals surface area (Å²) in [5.74, 6) is -1.29. The molecule has 0 spiro atoms. The molecule has 0 amide bonds. The summed E-state index contributed by atoms with van der Waals surface area (Å²) in [5, 5.41) is 18.4. The zero-order valence-electron chi connectivity index (χ0n) is 11.0. The van der Waals surface area contributed by atoms with Crippen LogP contribution in [0.5, 0.6) is 5.75 Å². The third-order valence-electron chi connectivity index (χ3n) is 2.79. The highest BCUT2D eigenvalue weighted by molar-refractivity contribution is 5.89. The molecule has 0 saturated heterocycles. The van der Waals surface area contributed by atoms with E-state index in [9.17, 15) is 14.7 Å². The second-order valence-electron chi connectivity index (χ2n) is 4.51. The Kier molecular flexibility index (Phi) is 3.76. The van der Waals surface area contributed by atoms with Crippen LogP contribution in [0.3, 0.4) is 0 Å². The van der Waals surface area contributed by atoms with Crippen LogP contribution in [0, 0.1) is 6.92 Å². The lowest BCUT2D eigenvalue weighted by Gasteiger charge is -2.12. The number of hydrogen-bond donors (Lipinski definition) is 2. The number of aryl methyl sites for hydroxylation is 1. The molecule has 1 heterocycles. The quantitative estimate of drug-likeness (QED) is 0.880. The lowest BCUT2D eigenvalue weighted by Crippen LogP contribution is -2.13. The van der Waals surface area contributed by atoms with Crippen molar-refractivity contribution < 1.29 is 24.2 Å². The van der Waals surface area contributed by atoms with Gasteiger partial charge in [-0.1, -0.05) is 0 Å². The number of hydrogen-bond acceptors (Lipinski definition) is 5. The summed E-state index contributed by atoms with van der Waals surface area (Å²) in [6, 6.07) is 4.05. The normalized spacial score (nSPS) is 12.3. The van der Waals surface area contributed by atoms with Crippen LogP contribution in [-0.4, -0.2) is 28.9 Å². The molecule has 0 saturated carbocycles. The predicted molar refractivity (Wildman–Crippen MR) is 71.4 cm³/mol. The van der Waals surface area contributed by atoms with Gasteiger partial charge in [0.05, 0.1) is 11.5 Å². The number of aromatic carboxylic acids is 1. The molecule has 106 valence electrons. The molecule has 2 aromatic rings. The van der Waals surface area contributed by atoms with Gasteiger partial charge in [0.15, 0.2) is 5.43 Å². The first kappa shape index (κ1) is 14.1. The van der Waals surface area contributed by atoms with E-state index in [0.717, 1.165) is 6.07 Å². The number of aliphatic hydroxyl groups excluding tert-OH is 1. The molecule has 0 bridgehead atoms. The number of fused-ring (bicyclic) bond motifs is 1. The SMILES string of the molecule is Cc1c(OCC(C)O)ccc2c(=O)cc(C(=O)O)oc12. The van der Waals surface area contributed by atoms with Crippen molar-refractivity contribution in [2.75, 3.05) is 6.61 Å². The number of benzene rings is 1. The van der Waals surface area contributed by atoms with E-state index in [1.54, 1.807) is 19.9 Å². The Hall–Kier alpha value is -2.34. The fraction of sp³-hybridized carbons (Fsp3) is 0.286. The lowest BCUT2D eigenvalue weighted by molar-refractivity contribution is 0.0663. The molecule has 0 fully saturated rings. The van der Waals surface area contributed by atoms with Crippen molar-refractivity contribution in [2.45, 2.75) is 20.0 Å². The van der Waals surface area contributed by atoms with E-state index >= 15 is 0 Å². The molecule has 2 rings (SSSR count). The highest BCUT2D eigenvalue weighted by atomic mass is 16.5. The van der Waals surface area contributed by atoms with Gasteiger partial charge >= 0.3 is 5.97 Å². The van der Waals surface area contributed by atoms with Crippen molar-refractivity contribution in [1.82, 2.24) is 0 Å². The van der Waals surface area contributed by atoms with Crippen molar-refractivity contribution in [1.29, 1.82) is 0 Å². The van der Waals surface area contributed by atoms with E-state index < -0.39 is 23.3 Å². The summed E-state index contributed by atoms with van der Waals surface area (Å²) in [6.07, 6.45) is -0.637. The molecule has 20 heavy (non-hydrogen) atoms. The molecule has 1 aromatic carbocycles. The molecule has 0 aliphatic rings. The van der Waals surface area contributed by atoms with E-state index in [0.29, 0.717) is 11.3 Å².